The van der Waals surface area contributed by atoms with Crippen molar-refractivity contribution >= 4 is 21.6 Å². The lowest BCUT2D eigenvalue weighted by atomic mass is 10.1. The zero-order valence-electron chi connectivity index (χ0n) is 14.2. The highest BCUT2D eigenvalue weighted by Crippen LogP contribution is 2.24. The molecule has 1 aromatic heterocycles. The normalized spacial score (nSPS) is 15.5. The number of hydrogen-bond donors (Lipinski definition) is 1. The molecular weight excluding hydrogens is 342 g/mol. The number of rotatable bonds is 3. The third-order valence-corrected chi connectivity index (χ3v) is 5.34. The van der Waals surface area contributed by atoms with Crippen LogP contribution in [0.3, 0.4) is 0 Å². The van der Waals surface area contributed by atoms with Crippen molar-refractivity contribution in [2.45, 2.75) is 18.9 Å². The highest BCUT2D eigenvalue weighted by molar-refractivity contribution is 7.89. The third kappa shape index (κ3) is 3.54. The number of benzene rings is 1. The number of carbonyl (C=O) groups excluding carboxylic acids is 1. The summed E-state index contributed by atoms with van der Waals surface area (Å²) in [5, 5.41) is 4.61. The topological polar surface area (TPSA) is 96.9 Å². The van der Waals surface area contributed by atoms with Gasteiger partial charge in [-0.3, -0.25) is 4.79 Å². The van der Waals surface area contributed by atoms with Crippen LogP contribution in [-0.4, -0.2) is 45.4 Å². The second-order valence-corrected chi connectivity index (χ2v) is 7.65. The van der Waals surface area contributed by atoms with Crippen molar-refractivity contribution in [1.29, 1.82) is 0 Å². The summed E-state index contributed by atoms with van der Waals surface area (Å²) in [6.45, 7) is 6.67. The van der Waals surface area contributed by atoms with E-state index in [2.05, 4.69) is 30.9 Å². The summed E-state index contributed by atoms with van der Waals surface area (Å²) in [5.74, 6) is -0.334. The Labute approximate surface area is 147 Å². The predicted octanol–water partition coefficient (Wildman–Crippen LogP) is 1.51. The number of nitrogens with two attached hydrogens (primary N) is 1. The lowest BCUT2D eigenvalue weighted by molar-refractivity contribution is 0.0709. The lowest BCUT2D eigenvalue weighted by Gasteiger charge is -2.36. The van der Waals surface area contributed by atoms with Gasteiger partial charge in [-0.1, -0.05) is 12.1 Å². The summed E-state index contributed by atoms with van der Waals surface area (Å²) in [6, 6.07) is 8.75. The highest BCUT2D eigenvalue weighted by Gasteiger charge is 2.26. The summed E-state index contributed by atoms with van der Waals surface area (Å²) in [7, 11) is -3.95. The molecular formula is C17H21N3O4S. The Morgan fingerprint density at radius 3 is 2.36 bits per heavy atom. The van der Waals surface area contributed by atoms with E-state index in [0.717, 1.165) is 0 Å². The molecule has 1 aliphatic heterocycles. The van der Waals surface area contributed by atoms with Crippen LogP contribution in [0, 0.1) is 13.8 Å². The van der Waals surface area contributed by atoms with E-state index in [1.807, 2.05) is 6.07 Å². The molecule has 0 atom stereocenters. The monoisotopic (exact) mass is 363 g/mol. The van der Waals surface area contributed by atoms with Gasteiger partial charge in [0.15, 0.2) is 5.76 Å². The van der Waals surface area contributed by atoms with Gasteiger partial charge in [0.05, 0.1) is 0 Å². The molecule has 0 saturated carbocycles. The van der Waals surface area contributed by atoms with Gasteiger partial charge in [0.2, 0.25) is 5.09 Å². The van der Waals surface area contributed by atoms with Crippen molar-refractivity contribution in [1.82, 2.24) is 4.90 Å². The number of aryl methyl sites for hydroxylation is 1. The third-order valence-electron chi connectivity index (χ3n) is 4.56. The molecule has 1 aromatic carbocycles. The molecule has 1 saturated heterocycles. The standard InChI is InChI=1S/C17H21N3O4S/c1-12-4-3-5-14(13(12)2)19-8-10-20(11-9-19)17(21)15-6-7-16(24-15)25(18,22)23/h3-7H,8-11H2,1-2H3,(H2,18,22,23). The number of hydrogen-bond acceptors (Lipinski definition) is 5. The minimum atomic E-state index is -3.95. The molecule has 1 aliphatic rings. The van der Waals surface area contributed by atoms with Gasteiger partial charge in [-0.05, 0) is 43.2 Å². The molecule has 8 heteroatoms. The minimum Gasteiger partial charge on any atom is -0.438 e. The second-order valence-electron chi connectivity index (χ2n) is 6.16. The van der Waals surface area contributed by atoms with Crippen LogP contribution >= 0.6 is 0 Å². The van der Waals surface area contributed by atoms with E-state index < -0.39 is 15.1 Å². The molecule has 0 aliphatic carbocycles. The molecule has 1 fully saturated rings. The summed E-state index contributed by atoms with van der Waals surface area (Å²) < 4.78 is 27.6. The number of furan rings is 1. The Bertz CT molecular complexity index is 896. The van der Waals surface area contributed by atoms with Crippen LogP contribution in [0.1, 0.15) is 21.7 Å². The van der Waals surface area contributed by atoms with E-state index in [1.165, 1.54) is 28.9 Å². The van der Waals surface area contributed by atoms with Gasteiger partial charge in [0.25, 0.3) is 15.9 Å². The SMILES string of the molecule is Cc1cccc(N2CCN(C(=O)c3ccc(S(N)(=O)=O)o3)CC2)c1C. The molecule has 0 radical (unpaired) electrons. The van der Waals surface area contributed by atoms with Gasteiger partial charge in [-0.2, -0.15) is 0 Å². The van der Waals surface area contributed by atoms with E-state index in [4.69, 9.17) is 9.56 Å². The van der Waals surface area contributed by atoms with Crippen LogP contribution in [0.15, 0.2) is 39.8 Å². The minimum absolute atomic E-state index is 0.00999. The van der Waals surface area contributed by atoms with E-state index in [9.17, 15) is 13.2 Å². The number of nitrogens with zero attached hydrogens (tertiary/aromatic N) is 2. The second kappa shape index (κ2) is 6.53. The zero-order valence-corrected chi connectivity index (χ0v) is 15.0. The van der Waals surface area contributed by atoms with E-state index in [0.29, 0.717) is 26.2 Å². The van der Waals surface area contributed by atoms with Gasteiger partial charge >= 0.3 is 0 Å². The molecule has 134 valence electrons. The number of amides is 1. The summed E-state index contributed by atoms with van der Waals surface area (Å²) in [4.78, 5) is 16.4. The Morgan fingerprint density at radius 2 is 1.76 bits per heavy atom. The first-order chi connectivity index (χ1) is 11.8. The summed E-state index contributed by atoms with van der Waals surface area (Å²) in [5.41, 5.74) is 3.66. The first kappa shape index (κ1) is 17.5. The molecule has 1 amide bonds. The molecule has 3 rings (SSSR count). The molecule has 2 N–H and O–H groups in total. The van der Waals surface area contributed by atoms with Crippen molar-refractivity contribution in [3.05, 3.63) is 47.2 Å². The molecule has 2 heterocycles. The number of carbonyl (C=O) groups is 1. The average molecular weight is 363 g/mol. The van der Waals surface area contributed by atoms with Crippen molar-refractivity contribution in [3.63, 3.8) is 0 Å². The predicted molar refractivity (Wildman–Crippen MR) is 94.1 cm³/mol. The Hall–Kier alpha value is -2.32. The summed E-state index contributed by atoms with van der Waals surface area (Å²) in [6.07, 6.45) is 0. The largest absolute Gasteiger partial charge is 0.438 e. The smallest absolute Gasteiger partial charge is 0.289 e. The Morgan fingerprint density at radius 1 is 1.08 bits per heavy atom. The van der Waals surface area contributed by atoms with Crippen LogP contribution in [0.2, 0.25) is 0 Å². The van der Waals surface area contributed by atoms with Crippen molar-refractivity contribution < 1.29 is 17.6 Å². The lowest BCUT2D eigenvalue weighted by Crippen LogP contribution is -2.49. The maximum absolute atomic E-state index is 12.5. The quantitative estimate of drug-likeness (QED) is 0.891. The van der Waals surface area contributed by atoms with Crippen LogP contribution < -0.4 is 10.0 Å². The van der Waals surface area contributed by atoms with Crippen LogP contribution in [0.25, 0.3) is 0 Å². The fourth-order valence-electron chi connectivity index (χ4n) is 2.97. The van der Waals surface area contributed by atoms with Crippen LogP contribution in [0.4, 0.5) is 5.69 Å². The highest BCUT2D eigenvalue weighted by atomic mass is 32.2. The molecule has 2 aromatic rings. The number of primary sulfonamides is 1. The van der Waals surface area contributed by atoms with Crippen LogP contribution in [0.5, 0.6) is 0 Å². The van der Waals surface area contributed by atoms with Crippen molar-refractivity contribution in [2.24, 2.45) is 5.14 Å². The van der Waals surface area contributed by atoms with E-state index in [1.54, 1.807) is 4.90 Å². The van der Waals surface area contributed by atoms with Gasteiger partial charge in [0, 0.05) is 31.9 Å². The average Bonchev–Trinajstić information content (AvgIpc) is 3.07. The van der Waals surface area contributed by atoms with Crippen molar-refractivity contribution in [2.75, 3.05) is 31.1 Å². The fourth-order valence-corrected chi connectivity index (χ4v) is 3.44. The molecule has 0 spiro atoms. The number of anilines is 1. The number of sulfonamides is 1. The van der Waals surface area contributed by atoms with Gasteiger partial charge in [-0.15, -0.1) is 0 Å². The first-order valence-electron chi connectivity index (χ1n) is 8.00. The van der Waals surface area contributed by atoms with Gasteiger partial charge in [-0.25, -0.2) is 13.6 Å². The van der Waals surface area contributed by atoms with Crippen LogP contribution in [-0.2, 0) is 10.0 Å². The maximum atomic E-state index is 12.5. The van der Waals surface area contributed by atoms with Crippen molar-refractivity contribution in [3.8, 4) is 0 Å². The fraction of sp³-hybridized carbons (Fsp3) is 0.353. The Balaban J connectivity index is 1.69. The first-order valence-corrected chi connectivity index (χ1v) is 9.55. The Kier molecular flexibility index (Phi) is 4.57. The molecule has 25 heavy (non-hydrogen) atoms. The molecule has 7 nitrogen and oxygen atoms in total. The maximum Gasteiger partial charge on any atom is 0.289 e. The van der Waals surface area contributed by atoms with E-state index >= 15 is 0 Å². The summed E-state index contributed by atoms with van der Waals surface area (Å²) >= 11 is 0. The number of piperazine rings is 1. The zero-order chi connectivity index (χ0) is 18.2. The van der Waals surface area contributed by atoms with E-state index in [-0.39, 0.29) is 11.7 Å². The van der Waals surface area contributed by atoms with Gasteiger partial charge < -0.3 is 14.2 Å². The molecule has 0 unspecified atom stereocenters. The van der Waals surface area contributed by atoms with Gasteiger partial charge in [0.1, 0.15) is 0 Å². The molecule has 0 bridgehead atoms.